The first-order chi connectivity index (χ1) is 4.34. The number of hydrogen-bond acceptors (Lipinski definition) is 0. The maximum Gasteiger partial charge on any atom is -0.0233 e. The number of hydrogen-bond donors (Lipinski definition) is 0. The van der Waals surface area contributed by atoms with Gasteiger partial charge < -0.3 is 0 Å². The Kier molecular flexibility index (Phi) is 3.99. The summed E-state index contributed by atoms with van der Waals surface area (Å²) in [6.07, 6.45) is 1.87. The second-order valence-electron chi connectivity index (χ2n) is 2.06. The van der Waals surface area contributed by atoms with E-state index in [4.69, 9.17) is 0 Å². The van der Waals surface area contributed by atoms with Crippen molar-refractivity contribution in [3.8, 4) is 0 Å². The lowest BCUT2D eigenvalue weighted by molar-refractivity contribution is 1.45. The Morgan fingerprint density at radius 1 is 1.30 bits per heavy atom. The first-order valence-electron chi connectivity index (χ1n) is 3.02. The third-order valence-corrected chi connectivity index (χ3v) is 1.41. The van der Waals surface area contributed by atoms with Crippen molar-refractivity contribution in [3.05, 3.63) is 42.0 Å². The standard InChI is InChI=1S/C9H10.H3P/c1-3-9-7-5-4-6-8(9)2;/h3-7H,1H2,2H3;1H3. The molecular formula is C9H13P. The van der Waals surface area contributed by atoms with Crippen molar-refractivity contribution in [3.63, 3.8) is 0 Å². The number of benzene rings is 1. The van der Waals surface area contributed by atoms with Crippen molar-refractivity contribution in [2.24, 2.45) is 0 Å². The Labute approximate surface area is 65.6 Å². The molecule has 1 unspecified atom stereocenters. The SMILES string of the molecule is C=Cc1ccccc1C.P. The van der Waals surface area contributed by atoms with Crippen LogP contribution >= 0.6 is 9.90 Å². The minimum atomic E-state index is 0. The molecule has 1 heteroatoms. The first-order valence-corrected chi connectivity index (χ1v) is 3.02. The molecule has 0 bridgehead atoms. The summed E-state index contributed by atoms with van der Waals surface area (Å²) in [5.41, 5.74) is 2.50. The lowest BCUT2D eigenvalue weighted by Crippen LogP contribution is -1.75. The summed E-state index contributed by atoms with van der Waals surface area (Å²) in [6, 6.07) is 8.19. The molecule has 0 amide bonds. The molecule has 0 heterocycles. The van der Waals surface area contributed by atoms with Gasteiger partial charge in [-0.1, -0.05) is 36.9 Å². The third-order valence-electron chi connectivity index (χ3n) is 1.41. The maximum atomic E-state index is 3.69. The maximum absolute atomic E-state index is 3.69. The second kappa shape index (κ2) is 4.24. The van der Waals surface area contributed by atoms with Crippen molar-refractivity contribution in [2.45, 2.75) is 6.92 Å². The molecule has 0 N–H and O–H groups in total. The highest BCUT2D eigenvalue weighted by atomic mass is 31.0. The Hall–Kier alpha value is -0.610. The zero-order valence-corrected chi connectivity index (χ0v) is 7.72. The molecule has 10 heavy (non-hydrogen) atoms. The van der Waals surface area contributed by atoms with Crippen LogP contribution in [0.1, 0.15) is 11.1 Å². The van der Waals surface area contributed by atoms with E-state index in [1.807, 2.05) is 18.2 Å². The van der Waals surface area contributed by atoms with Crippen LogP contribution < -0.4 is 0 Å². The molecule has 0 radical (unpaired) electrons. The summed E-state index contributed by atoms with van der Waals surface area (Å²) in [5.74, 6) is 0. The molecule has 0 aliphatic heterocycles. The van der Waals surface area contributed by atoms with Gasteiger partial charge >= 0.3 is 0 Å². The molecule has 0 fully saturated rings. The average Bonchev–Trinajstić information content (AvgIpc) is 1.89. The summed E-state index contributed by atoms with van der Waals surface area (Å²) in [4.78, 5) is 0. The molecule has 0 nitrogen and oxygen atoms in total. The fourth-order valence-electron chi connectivity index (χ4n) is 0.816. The van der Waals surface area contributed by atoms with Crippen LogP contribution in [0.15, 0.2) is 30.8 Å². The largest absolute Gasteiger partial charge is 0.153 e. The van der Waals surface area contributed by atoms with Crippen LogP contribution in [0.2, 0.25) is 0 Å². The van der Waals surface area contributed by atoms with E-state index < -0.39 is 0 Å². The number of aryl methyl sites for hydroxylation is 1. The van der Waals surface area contributed by atoms with Crippen LogP contribution in [0.3, 0.4) is 0 Å². The Bertz CT molecular complexity index is 216. The van der Waals surface area contributed by atoms with Crippen molar-refractivity contribution >= 4 is 16.0 Å². The van der Waals surface area contributed by atoms with Gasteiger partial charge in [0.05, 0.1) is 0 Å². The van der Waals surface area contributed by atoms with E-state index in [0.29, 0.717) is 0 Å². The fourth-order valence-corrected chi connectivity index (χ4v) is 0.816. The van der Waals surface area contributed by atoms with E-state index in [1.54, 1.807) is 0 Å². The van der Waals surface area contributed by atoms with Crippen molar-refractivity contribution in [1.82, 2.24) is 0 Å². The van der Waals surface area contributed by atoms with Crippen LogP contribution in [-0.4, -0.2) is 0 Å². The molecule has 0 saturated carbocycles. The van der Waals surface area contributed by atoms with Gasteiger partial charge in [-0.3, -0.25) is 0 Å². The molecule has 1 aromatic rings. The van der Waals surface area contributed by atoms with Gasteiger partial charge in [-0.15, -0.1) is 0 Å². The quantitative estimate of drug-likeness (QED) is 0.543. The van der Waals surface area contributed by atoms with E-state index in [-0.39, 0.29) is 9.90 Å². The lowest BCUT2D eigenvalue weighted by atomic mass is 10.1. The van der Waals surface area contributed by atoms with E-state index in [9.17, 15) is 0 Å². The molecule has 0 aliphatic rings. The topological polar surface area (TPSA) is 0 Å². The van der Waals surface area contributed by atoms with Crippen molar-refractivity contribution < 1.29 is 0 Å². The van der Waals surface area contributed by atoms with Gasteiger partial charge in [0.15, 0.2) is 0 Å². The highest BCUT2D eigenvalue weighted by Gasteiger charge is 1.86. The van der Waals surface area contributed by atoms with Gasteiger partial charge in [-0.05, 0) is 18.1 Å². The summed E-state index contributed by atoms with van der Waals surface area (Å²) < 4.78 is 0. The Morgan fingerprint density at radius 3 is 2.30 bits per heavy atom. The molecular weight excluding hydrogens is 139 g/mol. The van der Waals surface area contributed by atoms with Gasteiger partial charge in [0.1, 0.15) is 0 Å². The van der Waals surface area contributed by atoms with Crippen molar-refractivity contribution in [1.29, 1.82) is 0 Å². The molecule has 1 rings (SSSR count). The van der Waals surface area contributed by atoms with Crippen LogP contribution in [0, 0.1) is 6.92 Å². The predicted molar refractivity (Wildman–Crippen MR) is 52.4 cm³/mol. The van der Waals surface area contributed by atoms with E-state index >= 15 is 0 Å². The summed E-state index contributed by atoms with van der Waals surface area (Å²) >= 11 is 0. The summed E-state index contributed by atoms with van der Waals surface area (Å²) in [7, 11) is 0. The predicted octanol–water partition coefficient (Wildman–Crippen LogP) is 2.70. The molecule has 0 aromatic heterocycles. The van der Waals surface area contributed by atoms with Gasteiger partial charge in [0.2, 0.25) is 0 Å². The van der Waals surface area contributed by atoms with Gasteiger partial charge in [-0.25, -0.2) is 0 Å². The molecule has 0 aliphatic carbocycles. The Morgan fingerprint density at radius 2 is 1.90 bits per heavy atom. The van der Waals surface area contributed by atoms with Crippen molar-refractivity contribution in [2.75, 3.05) is 0 Å². The normalized spacial score (nSPS) is 8.10. The minimum absolute atomic E-state index is 0. The second-order valence-corrected chi connectivity index (χ2v) is 2.06. The Balaban J connectivity index is 0.000000810. The van der Waals surface area contributed by atoms with Gasteiger partial charge in [0.25, 0.3) is 0 Å². The summed E-state index contributed by atoms with van der Waals surface area (Å²) in [6.45, 7) is 5.77. The van der Waals surface area contributed by atoms with Crippen LogP contribution in [0.5, 0.6) is 0 Å². The average molecular weight is 152 g/mol. The molecule has 1 atom stereocenters. The van der Waals surface area contributed by atoms with Crippen LogP contribution in [-0.2, 0) is 0 Å². The molecule has 54 valence electrons. The van der Waals surface area contributed by atoms with Gasteiger partial charge in [-0.2, -0.15) is 9.90 Å². The molecule has 0 spiro atoms. The lowest BCUT2D eigenvalue weighted by Gasteiger charge is -1.95. The van der Waals surface area contributed by atoms with E-state index in [0.717, 1.165) is 0 Å². The first kappa shape index (κ1) is 9.39. The zero-order chi connectivity index (χ0) is 6.69. The van der Waals surface area contributed by atoms with Crippen LogP contribution in [0.4, 0.5) is 0 Å². The van der Waals surface area contributed by atoms with E-state index in [2.05, 4.69) is 25.6 Å². The summed E-state index contributed by atoms with van der Waals surface area (Å²) in [5, 5.41) is 0. The highest BCUT2D eigenvalue weighted by Crippen LogP contribution is 2.06. The van der Waals surface area contributed by atoms with Crippen LogP contribution in [0.25, 0.3) is 6.08 Å². The smallest absolute Gasteiger partial charge is 0.0233 e. The highest BCUT2D eigenvalue weighted by molar-refractivity contribution is 6.92. The van der Waals surface area contributed by atoms with E-state index in [1.165, 1.54) is 11.1 Å². The third kappa shape index (κ3) is 1.97. The molecule has 1 aromatic carbocycles. The zero-order valence-electron chi connectivity index (χ0n) is 6.30. The number of rotatable bonds is 1. The fraction of sp³-hybridized carbons (Fsp3) is 0.111. The molecule has 0 saturated heterocycles. The van der Waals surface area contributed by atoms with Gasteiger partial charge in [0, 0.05) is 0 Å². The monoisotopic (exact) mass is 152 g/mol. The minimum Gasteiger partial charge on any atom is -0.153 e.